The number of likely N-dealkylation sites (tertiary alicyclic amines) is 1. The fraction of sp³-hybridized carbons (Fsp3) is 0.636. The lowest BCUT2D eigenvalue weighted by Crippen LogP contribution is -2.58. The standard InChI is InChI=1S/C22H28Cl2N2/c23-19-8-15(9-20(24)12-19)13-26-7-3-4-16-10-17-11-18(22(16)26)14-25-6-2-1-5-21(17)25/h8-10,12,17-18,21-22H,1-7,11,13-14H2/t17-,18+,21+,22+/m0/s1. The molecular formula is C22H28Cl2N2. The van der Waals surface area contributed by atoms with Gasteiger partial charge in [-0.15, -0.1) is 0 Å². The Balaban J connectivity index is 1.41. The van der Waals surface area contributed by atoms with Gasteiger partial charge in [0.1, 0.15) is 0 Å². The lowest BCUT2D eigenvalue weighted by molar-refractivity contribution is -0.00264. The Hall–Kier alpha value is -0.540. The molecule has 0 aromatic heterocycles. The van der Waals surface area contributed by atoms with Crippen molar-refractivity contribution in [3.63, 3.8) is 0 Å². The molecule has 0 amide bonds. The van der Waals surface area contributed by atoms with Gasteiger partial charge in [0.2, 0.25) is 0 Å². The van der Waals surface area contributed by atoms with Crippen molar-refractivity contribution in [3.8, 4) is 0 Å². The molecule has 0 saturated carbocycles. The summed E-state index contributed by atoms with van der Waals surface area (Å²) in [5.74, 6) is 1.60. The van der Waals surface area contributed by atoms with E-state index in [-0.39, 0.29) is 0 Å². The molecule has 1 aromatic rings. The topological polar surface area (TPSA) is 6.48 Å². The molecule has 140 valence electrons. The molecule has 0 unspecified atom stereocenters. The van der Waals surface area contributed by atoms with Crippen molar-refractivity contribution < 1.29 is 0 Å². The second-order valence-electron chi connectivity index (χ2n) is 8.76. The minimum absolute atomic E-state index is 0.626. The number of rotatable bonds is 2. The third-order valence-electron chi connectivity index (χ3n) is 7.07. The van der Waals surface area contributed by atoms with E-state index in [1.54, 1.807) is 5.57 Å². The molecule has 4 aliphatic rings. The molecule has 2 bridgehead atoms. The van der Waals surface area contributed by atoms with Crippen molar-refractivity contribution in [2.24, 2.45) is 11.8 Å². The molecule has 1 aliphatic carbocycles. The highest BCUT2D eigenvalue weighted by atomic mass is 35.5. The molecule has 3 heterocycles. The van der Waals surface area contributed by atoms with Crippen LogP contribution in [0.5, 0.6) is 0 Å². The van der Waals surface area contributed by atoms with Crippen molar-refractivity contribution in [2.45, 2.75) is 57.2 Å². The molecule has 26 heavy (non-hydrogen) atoms. The summed E-state index contributed by atoms with van der Waals surface area (Å²) in [6.07, 6.45) is 10.9. The van der Waals surface area contributed by atoms with Crippen LogP contribution in [0.3, 0.4) is 0 Å². The monoisotopic (exact) mass is 390 g/mol. The molecule has 4 atom stereocenters. The maximum Gasteiger partial charge on any atom is 0.0424 e. The molecule has 0 N–H and O–H groups in total. The largest absolute Gasteiger partial charge is 0.299 e. The van der Waals surface area contributed by atoms with Gasteiger partial charge in [-0.05, 0) is 80.8 Å². The number of piperidine rings is 3. The maximum absolute atomic E-state index is 6.24. The van der Waals surface area contributed by atoms with E-state index in [0.717, 1.165) is 34.5 Å². The van der Waals surface area contributed by atoms with Crippen LogP contribution >= 0.6 is 23.2 Å². The number of hydrogen-bond acceptors (Lipinski definition) is 2. The average Bonchev–Trinajstić information content (AvgIpc) is 2.61. The van der Waals surface area contributed by atoms with E-state index >= 15 is 0 Å². The Morgan fingerprint density at radius 2 is 1.85 bits per heavy atom. The van der Waals surface area contributed by atoms with Crippen molar-refractivity contribution in [1.29, 1.82) is 0 Å². The number of fused-ring (bicyclic) bond motifs is 6. The zero-order chi connectivity index (χ0) is 17.7. The van der Waals surface area contributed by atoms with Crippen molar-refractivity contribution in [1.82, 2.24) is 9.80 Å². The van der Waals surface area contributed by atoms with Crippen LogP contribution in [0.15, 0.2) is 29.8 Å². The van der Waals surface area contributed by atoms with Gasteiger partial charge in [-0.25, -0.2) is 0 Å². The summed E-state index contributed by atoms with van der Waals surface area (Å²) in [5, 5.41) is 1.50. The maximum atomic E-state index is 6.24. The molecule has 2 nitrogen and oxygen atoms in total. The summed E-state index contributed by atoms with van der Waals surface area (Å²) in [6, 6.07) is 7.45. The summed E-state index contributed by atoms with van der Waals surface area (Å²) >= 11 is 12.5. The number of halogens is 2. The van der Waals surface area contributed by atoms with Crippen LogP contribution in [0.25, 0.3) is 0 Å². The van der Waals surface area contributed by atoms with Crippen LogP contribution in [0.4, 0.5) is 0 Å². The van der Waals surface area contributed by atoms with Gasteiger partial charge in [0, 0.05) is 35.2 Å². The summed E-state index contributed by atoms with van der Waals surface area (Å²) in [7, 11) is 0. The molecule has 4 heteroatoms. The molecule has 0 spiro atoms. The molecule has 3 saturated heterocycles. The van der Waals surface area contributed by atoms with Gasteiger partial charge in [0.25, 0.3) is 0 Å². The van der Waals surface area contributed by atoms with E-state index in [0.29, 0.717) is 6.04 Å². The Kier molecular flexibility index (Phi) is 4.81. The van der Waals surface area contributed by atoms with Crippen LogP contribution < -0.4 is 0 Å². The second-order valence-corrected chi connectivity index (χ2v) is 9.63. The van der Waals surface area contributed by atoms with Gasteiger partial charge in [-0.2, -0.15) is 0 Å². The molecule has 0 radical (unpaired) electrons. The van der Waals surface area contributed by atoms with E-state index < -0.39 is 0 Å². The van der Waals surface area contributed by atoms with Gasteiger partial charge in [0.05, 0.1) is 0 Å². The van der Waals surface area contributed by atoms with Gasteiger partial charge in [0.15, 0.2) is 0 Å². The minimum atomic E-state index is 0.626. The first kappa shape index (κ1) is 17.6. The van der Waals surface area contributed by atoms with Gasteiger partial charge in [-0.3, -0.25) is 9.80 Å². The first-order chi connectivity index (χ1) is 12.7. The Morgan fingerprint density at radius 1 is 1.00 bits per heavy atom. The minimum Gasteiger partial charge on any atom is -0.299 e. The van der Waals surface area contributed by atoms with Crippen molar-refractivity contribution in [2.75, 3.05) is 19.6 Å². The van der Waals surface area contributed by atoms with Crippen LogP contribution in [-0.4, -0.2) is 41.5 Å². The number of nitrogens with zero attached hydrogens (tertiary/aromatic N) is 2. The predicted octanol–water partition coefficient (Wildman–Crippen LogP) is 5.39. The van der Waals surface area contributed by atoms with Gasteiger partial charge in [-0.1, -0.05) is 41.3 Å². The average molecular weight is 391 g/mol. The highest BCUT2D eigenvalue weighted by Crippen LogP contribution is 2.45. The van der Waals surface area contributed by atoms with Crippen molar-refractivity contribution in [3.05, 3.63) is 45.5 Å². The van der Waals surface area contributed by atoms with E-state index in [2.05, 4.69) is 28.0 Å². The van der Waals surface area contributed by atoms with Crippen molar-refractivity contribution >= 4 is 23.2 Å². The lowest BCUT2D eigenvalue weighted by Gasteiger charge is -2.54. The molecule has 5 rings (SSSR count). The van der Waals surface area contributed by atoms with Crippen LogP contribution in [-0.2, 0) is 6.54 Å². The van der Waals surface area contributed by atoms with Gasteiger partial charge >= 0.3 is 0 Å². The summed E-state index contributed by atoms with van der Waals surface area (Å²) < 4.78 is 0. The summed E-state index contributed by atoms with van der Waals surface area (Å²) in [6.45, 7) is 4.77. The SMILES string of the molecule is Clc1cc(Cl)cc(CN2CCCC3=C[C@H]4C[C@H](CN5CCCC[C@H]45)[C@@H]32)c1. The third-order valence-corrected chi connectivity index (χ3v) is 7.51. The molecule has 3 aliphatic heterocycles. The summed E-state index contributed by atoms with van der Waals surface area (Å²) in [4.78, 5) is 5.53. The summed E-state index contributed by atoms with van der Waals surface area (Å²) in [5.41, 5.74) is 2.98. The second kappa shape index (κ2) is 7.13. The normalized spacial score (nSPS) is 34.8. The van der Waals surface area contributed by atoms with E-state index in [4.69, 9.17) is 23.2 Å². The zero-order valence-corrected chi connectivity index (χ0v) is 16.9. The van der Waals surface area contributed by atoms with E-state index in [1.165, 1.54) is 63.7 Å². The quantitative estimate of drug-likeness (QED) is 0.624. The number of benzene rings is 1. The van der Waals surface area contributed by atoms with Gasteiger partial charge < -0.3 is 0 Å². The Bertz CT molecular complexity index is 696. The van der Waals surface area contributed by atoms with Crippen LogP contribution in [0, 0.1) is 11.8 Å². The zero-order valence-electron chi connectivity index (χ0n) is 15.3. The van der Waals surface area contributed by atoms with E-state index in [1.807, 2.05) is 6.07 Å². The van der Waals surface area contributed by atoms with Crippen LogP contribution in [0.2, 0.25) is 10.0 Å². The Morgan fingerprint density at radius 3 is 2.69 bits per heavy atom. The fourth-order valence-corrected chi connectivity index (χ4v) is 6.77. The highest BCUT2D eigenvalue weighted by molar-refractivity contribution is 6.34. The molecular weight excluding hydrogens is 363 g/mol. The first-order valence-electron chi connectivity index (χ1n) is 10.3. The smallest absolute Gasteiger partial charge is 0.0424 e. The lowest BCUT2D eigenvalue weighted by atomic mass is 9.68. The molecule has 1 aromatic carbocycles. The predicted molar refractivity (Wildman–Crippen MR) is 109 cm³/mol. The fourth-order valence-electron chi connectivity index (χ4n) is 6.20. The number of hydrogen-bond donors (Lipinski definition) is 0. The third kappa shape index (κ3) is 3.24. The molecule has 3 fully saturated rings. The van der Waals surface area contributed by atoms with Crippen LogP contribution in [0.1, 0.15) is 44.1 Å². The highest BCUT2D eigenvalue weighted by Gasteiger charge is 2.45. The first-order valence-corrected chi connectivity index (χ1v) is 11.1. The Labute approximate surface area is 167 Å². The van der Waals surface area contributed by atoms with E-state index in [9.17, 15) is 0 Å².